The molecule has 2 unspecified atom stereocenters. The van der Waals surface area contributed by atoms with Gasteiger partial charge >= 0.3 is 0 Å². The van der Waals surface area contributed by atoms with Crippen molar-refractivity contribution in [3.05, 3.63) is 0 Å². The number of hydrogen-bond acceptors (Lipinski definition) is 3. The van der Waals surface area contributed by atoms with Gasteiger partial charge in [-0.2, -0.15) is 0 Å². The van der Waals surface area contributed by atoms with Crippen LogP contribution in [0.3, 0.4) is 0 Å². The Labute approximate surface area is 85.2 Å². The van der Waals surface area contributed by atoms with Crippen molar-refractivity contribution in [2.45, 2.75) is 45.1 Å². The molecule has 82 valence electrons. The maximum atomic E-state index is 11.5. The minimum Gasteiger partial charge on any atom is -0.361 e. The van der Waals surface area contributed by atoms with E-state index in [0.29, 0.717) is 0 Å². The van der Waals surface area contributed by atoms with E-state index in [1.807, 2.05) is 0 Å². The Morgan fingerprint density at radius 1 is 1.14 bits per heavy atom. The molecule has 0 bridgehead atoms. The molecule has 1 rings (SSSR count). The van der Waals surface area contributed by atoms with Crippen LogP contribution in [0.4, 0.5) is 0 Å². The van der Waals surface area contributed by atoms with Crippen molar-refractivity contribution in [3.8, 4) is 0 Å². The smallest absolute Gasteiger partial charge is 0.223 e. The van der Waals surface area contributed by atoms with E-state index in [0.717, 1.165) is 25.7 Å². The molecule has 4 nitrogen and oxygen atoms in total. The van der Waals surface area contributed by atoms with Crippen LogP contribution in [0.5, 0.6) is 0 Å². The zero-order chi connectivity index (χ0) is 10.6. The van der Waals surface area contributed by atoms with E-state index in [9.17, 15) is 4.79 Å². The van der Waals surface area contributed by atoms with Crippen LogP contribution in [0.2, 0.25) is 0 Å². The molecule has 4 heteroatoms. The van der Waals surface area contributed by atoms with Gasteiger partial charge in [0.15, 0.2) is 0 Å². The maximum absolute atomic E-state index is 11.5. The van der Waals surface area contributed by atoms with Crippen LogP contribution in [0.15, 0.2) is 0 Å². The monoisotopic (exact) mass is 201 g/mol. The summed E-state index contributed by atoms with van der Waals surface area (Å²) in [5.41, 5.74) is 0. The van der Waals surface area contributed by atoms with Crippen LogP contribution in [0.25, 0.3) is 0 Å². The van der Waals surface area contributed by atoms with Crippen molar-refractivity contribution in [2.75, 3.05) is 14.2 Å². The average Bonchev–Trinajstić information content (AvgIpc) is 2.38. The minimum absolute atomic E-state index is 0.0191. The van der Waals surface area contributed by atoms with Crippen LogP contribution in [-0.2, 0) is 14.3 Å². The summed E-state index contributed by atoms with van der Waals surface area (Å²) in [4.78, 5) is 13.2. The predicted octanol–water partition coefficient (Wildman–Crippen LogP) is 1.35. The third-order valence-corrected chi connectivity index (χ3v) is 2.68. The summed E-state index contributed by atoms with van der Waals surface area (Å²) >= 11 is 0. The van der Waals surface area contributed by atoms with E-state index >= 15 is 0 Å². The van der Waals surface area contributed by atoms with Gasteiger partial charge in [0, 0.05) is 21.1 Å². The molecular formula is C10H19NO3. The maximum Gasteiger partial charge on any atom is 0.223 e. The van der Waals surface area contributed by atoms with E-state index < -0.39 is 0 Å². The fourth-order valence-corrected chi connectivity index (χ4v) is 1.97. The summed E-state index contributed by atoms with van der Waals surface area (Å²) in [5.74, 6) is 0.0191. The number of methoxy groups -OCH3 is 2. The summed E-state index contributed by atoms with van der Waals surface area (Å²) in [6, 6.07) is 0. The third kappa shape index (κ3) is 2.45. The van der Waals surface area contributed by atoms with Gasteiger partial charge in [-0.15, -0.1) is 0 Å². The Balaban J connectivity index is 2.77. The molecule has 1 aliphatic rings. The van der Waals surface area contributed by atoms with E-state index in [4.69, 9.17) is 9.47 Å². The van der Waals surface area contributed by atoms with Gasteiger partial charge in [0.2, 0.25) is 5.91 Å². The molecule has 1 heterocycles. The Bertz CT molecular complexity index is 182. The first-order valence-electron chi connectivity index (χ1n) is 5.05. The molecule has 0 aromatic heterocycles. The van der Waals surface area contributed by atoms with Crippen molar-refractivity contribution < 1.29 is 14.3 Å². The molecule has 0 spiro atoms. The second-order valence-corrected chi connectivity index (χ2v) is 3.59. The van der Waals surface area contributed by atoms with Crippen molar-refractivity contribution in [2.24, 2.45) is 0 Å². The number of amides is 1. The number of nitrogens with zero attached hydrogens (tertiary/aromatic N) is 1. The molecule has 0 aromatic rings. The first kappa shape index (κ1) is 11.5. The Morgan fingerprint density at radius 2 is 1.57 bits per heavy atom. The molecule has 1 fully saturated rings. The molecule has 14 heavy (non-hydrogen) atoms. The summed E-state index contributed by atoms with van der Waals surface area (Å²) in [5, 5.41) is 0. The summed E-state index contributed by atoms with van der Waals surface area (Å²) in [7, 11) is 3.28. The molecular weight excluding hydrogens is 182 g/mol. The lowest BCUT2D eigenvalue weighted by Gasteiger charge is -2.33. The highest BCUT2D eigenvalue weighted by Crippen LogP contribution is 2.22. The van der Waals surface area contributed by atoms with Gasteiger partial charge < -0.3 is 9.47 Å². The number of ether oxygens (including phenoxy) is 2. The molecule has 0 aliphatic carbocycles. The van der Waals surface area contributed by atoms with E-state index in [2.05, 4.69) is 0 Å². The Morgan fingerprint density at radius 3 is 1.86 bits per heavy atom. The third-order valence-electron chi connectivity index (χ3n) is 2.68. The topological polar surface area (TPSA) is 38.8 Å². The van der Waals surface area contributed by atoms with Gasteiger partial charge in [-0.25, -0.2) is 0 Å². The number of carbonyl (C=O) groups is 1. The highest BCUT2D eigenvalue weighted by Gasteiger charge is 2.30. The zero-order valence-electron chi connectivity index (χ0n) is 9.16. The lowest BCUT2D eigenvalue weighted by atomic mass is 10.2. The van der Waals surface area contributed by atoms with Crippen LogP contribution in [-0.4, -0.2) is 37.5 Å². The standard InChI is InChI=1S/C10H19NO3/c1-8(12)11-9(13-2)6-4-5-7-10(11)14-3/h9-10H,4-7H2,1-3H3. The summed E-state index contributed by atoms with van der Waals surface area (Å²) < 4.78 is 10.6. The minimum atomic E-state index is -0.125. The second-order valence-electron chi connectivity index (χ2n) is 3.59. The van der Waals surface area contributed by atoms with Crippen LogP contribution in [0.1, 0.15) is 32.6 Å². The van der Waals surface area contributed by atoms with Gasteiger partial charge in [-0.05, 0) is 25.7 Å². The van der Waals surface area contributed by atoms with Crippen LogP contribution >= 0.6 is 0 Å². The molecule has 0 aromatic carbocycles. The Hall–Kier alpha value is -0.610. The molecule has 0 N–H and O–H groups in total. The van der Waals surface area contributed by atoms with Gasteiger partial charge in [0.25, 0.3) is 0 Å². The normalized spacial score (nSPS) is 28.6. The average molecular weight is 201 g/mol. The first-order chi connectivity index (χ1) is 6.70. The highest BCUT2D eigenvalue weighted by atomic mass is 16.5. The lowest BCUT2D eigenvalue weighted by molar-refractivity contribution is -0.165. The van der Waals surface area contributed by atoms with Crippen molar-refractivity contribution in [1.82, 2.24) is 4.90 Å². The van der Waals surface area contributed by atoms with E-state index in [1.54, 1.807) is 26.0 Å². The molecule has 1 aliphatic heterocycles. The van der Waals surface area contributed by atoms with E-state index in [-0.39, 0.29) is 18.4 Å². The van der Waals surface area contributed by atoms with Gasteiger partial charge in [0.1, 0.15) is 12.5 Å². The predicted molar refractivity (Wildman–Crippen MR) is 52.6 cm³/mol. The largest absolute Gasteiger partial charge is 0.361 e. The molecule has 1 saturated heterocycles. The quantitative estimate of drug-likeness (QED) is 0.677. The SMILES string of the molecule is COC1CCCCC(OC)N1C(C)=O. The van der Waals surface area contributed by atoms with Crippen molar-refractivity contribution in [1.29, 1.82) is 0 Å². The number of carbonyl (C=O) groups excluding carboxylic acids is 1. The summed E-state index contributed by atoms with van der Waals surface area (Å²) in [6.45, 7) is 1.56. The molecule has 0 radical (unpaired) electrons. The molecule has 0 saturated carbocycles. The Kier molecular flexibility index (Phi) is 4.35. The van der Waals surface area contributed by atoms with Crippen LogP contribution < -0.4 is 0 Å². The van der Waals surface area contributed by atoms with Gasteiger partial charge in [-0.3, -0.25) is 9.69 Å². The number of rotatable bonds is 2. The second kappa shape index (κ2) is 5.32. The zero-order valence-corrected chi connectivity index (χ0v) is 9.16. The summed E-state index contributed by atoms with van der Waals surface area (Å²) in [6.07, 6.45) is 3.72. The number of hydrogen-bond donors (Lipinski definition) is 0. The van der Waals surface area contributed by atoms with E-state index in [1.165, 1.54) is 0 Å². The lowest BCUT2D eigenvalue weighted by Crippen LogP contribution is -2.46. The fraction of sp³-hybridized carbons (Fsp3) is 0.900. The molecule has 2 atom stereocenters. The van der Waals surface area contributed by atoms with Crippen molar-refractivity contribution >= 4 is 5.91 Å². The highest BCUT2D eigenvalue weighted by molar-refractivity contribution is 5.73. The van der Waals surface area contributed by atoms with Gasteiger partial charge in [-0.1, -0.05) is 0 Å². The molecule has 1 amide bonds. The first-order valence-corrected chi connectivity index (χ1v) is 5.05. The fourth-order valence-electron chi connectivity index (χ4n) is 1.97. The number of likely N-dealkylation sites (tertiary alicyclic amines) is 1. The van der Waals surface area contributed by atoms with Crippen LogP contribution in [0, 0.1) is 0 Å². The van der Waals surface area contributed by atoms with Crippen molar-refractivity contribution in [3.63, 3.8) is 0 Å². The van der Waals surface area contributed by atoms with Gasteiger partial charge in [0.05, 0.1) is 0 Å².